The molecule has 2 N–H and O–H groups in total. The molecule has 1 heterocycles. The van der Waals surface area contributed by atoms with Crippen molar-refractivity contribution in [3.05, 3.63) is 68.7 Å². The Kier molecular flexibility index (Phi) is 5.73. The van der Waals surface area contributed by atoms with Gasteiger partial charge >= 0.3 is 0 Å². The number of nitrogens with one attached hydrogen (secondary N) is 1. The number of aryl methyl sites for hydroxylation is 1. The van der Waals surface area contributed by atoms with E-state index in [0.717, 1.165) is 53.8 Å². The summed E-state index contributed by atoms with van der Waals surface area (Å²) in [5.74, 6) is 3.49. The highest BCUT2D eigenvalue weighted by Gasteiger charge is 2.61. The van der Waals surface area contributed by atoms with Crippen LogP contribution in [0.3, 0.4) is 0 Å². The molecule has 5 nitrogen and oxygen atoms in total. The zero-order chi connectivity index (χ0) is 24.4. The third-order valence-corrected chi connectivity index (χ3v) is 10.3. The molecule has 0 spiro atoms. The van der Waals surface area contributed by atoms with Crippen LogP contribution in [-0.4, -0.2) is 32.6 Å². The van der Waals surface area contributed by atoms with E-state index in [1.165, 1.54) is 17.5 Å². The van der Waals surface area contributed by atoms with Gasteiger partial charge in [0.25, 0.3) is 0 Å². The fourth-order valence-corrected chi connectivity index (χ4v) is 8.17. The minimum absolute atomic E-state index is 0.129. The highest BCUT2D eigenvalue weighted by molar-refractivity contribution is 9.10. The molecule has 3 aromatic rings. The Bertz CT molecular complexity index is 1320. The number of hydrogen-bond donors (Lipinski definition) is 2. The van der Waals surface area contributed by atoms with Crippen LogP contribution < -0.4 is 4.74 Å². The number of nitrogens with zero attached hydrogens (tertiary/aromatic N) is 2. The number of fused-ring (bicyclic) bond motifs is 5. The van der Waals surface area contributed by atoms with E-state index in [4.69, 9.17) is 17.0 Å². The summed E-state index contributed by atoms with van der Waals surface area (Å²) in [6, 6.07) is 14.7. The van der Waals surface area contributed by atoms with E-state index in [0.29, 0.717) is 28.9 Å². The topological polar surface area (TPSA) is 63.1 Å². The highest BCUT2D eigenvalue weighted by Crippen LogP contribution is 2.64. The number of halogens is 1. The van der Waals surface area contributed by atoms with Crippen molar-refractivity contribution in [1.29, 1.82) is 0 Å². The van der Waals surface area contributed by atoms with Gasteiger partial charge in [0.15, 0.2) is 4.77 Å². The molecular weight excluding hydrogens is 522 g/mol. The van der Waals surface area contributed by atoms with E-state index in [1.807, 2.05) is 28.8 Å². The van der Waals surface area contributed by atoms with Gasteiger partial charge in [0, 0.05) is 16.6 Å². The fourth-order valence-electron chi connectivity index (χ4n) is 7.65. The van der Waals surface area contributed by atoms with Crippen LogP contribution in [0.1, 0.15) is 61.9 Å². The van der Waals surface area contributed by atoms with E-state index in [2.05, 4.69) is 51.3 Å². The van der Waals surface area contributed by atoms with Gasteiger partial charge < -0.3 is 9.84 Å². The first-order chi connectivity index (χ1) is 16.8. The minimum atomic E-state index is -0.795. The molecule has 184 valence electrons. The lowest BCUT2D eigenvalue weighted by atomic mass is 9.53. The first-order valence-corrected chi connectivity index (χ1v) is 13.8. The third-order valence-electron chi connectivity index (χ3n) is 9.53. The molecule has 2 fully saturated rings. The van der Waals surface area contributed by atoms with Gasteiger partial charge in [-0.2, -0.15) is 5.10 Å². The Morgan fingerprint density at radius 3 is 2.74 bits per heavy atom. The van der Waals surface area contributed by atoms with Crippen LogP contribution in [0.4, 0.5) is 0 Å². The van der Waals surface area contributed by atoms with E-state index in [-0.39, 0.29) is 5.41 Å². The second kappa shape index (κ2) is 8.56. The van der Waals surface area contributed by atoms with Crippen molar-refractivity contribution in [3.8, 4) is 11.4 Å². The van der Waals surface area contributed by atoms with Crippen molar-refractivity contribution in [3.63, 3.8) is 0 Å². The predicted octanol–water partition coefficient (Wildman–Crippen LogP) is 6.53. The maximum absolute atomic E-state index is 12.3. The summed E-state index contributed by atoms with van der Waals surface area (Å²) in [7, 11) is 1.74. The normalized spacial score (nSPS) is 31.5. The molecule has 0 aliphatic heterocycles. The number of aliphatic hydroxyl groups is 1. The lowest BCUT2D eigenvalue weighted by Crippen LogP contribution is -2.52. The zero-order valence-corrected chi connectivity index (χ0v) is 22.7. The second-order valence-electron chi connectivity index (χ2n) is 10.9. The van der Waals surface area contributed by atoms with Gasteiger partial charge in [-0.25, -0.2) is 0 Å². The van der Waals surface area contributed by atoms with Crippen molar-refractivity contribution in [2.24, 2.45) is 17.3 Å². The summed E-state index contributed by atoms with van der Waals surface area (Å²) in [4.78, 5) is 0. The molecule has 0 saturated heterocycles. The predicted molar refractivity (Wildman–Crippen MR) is 143 cm³/mol. The van der Waals surface area contributed by atoms with E-state index in [1.54, 1.807) is 7.11 Å². The standard InChI is InChI=1S/C28H32BrN3O2S/c1-27-13-11-22-21-10-8-20(34-2)15-17(21)3-9-23(22)24(27)12-14-28(27,33)16-25-30-31-26(35)32(25)19-6-4-18(29)5-7-19/h4-8,10,15,22-24,33H,3,9,11-14,16H2,1-2H3,(H,31,35)/t22-,23-,24+,27+,28-/m1/s1. The molecule has 0 unspecified atom stereocenters. The quantitative estimate of drug-likeness (QED) is 0.360. The number of aromatic nitrogens is 3. The highest BCUT2D eigenvalue weighted by atomic mass is 79.9. The number of ether oxygens (including phenoxy) is 1. The molecule has 7 heteroatoms. The molecule has 6 rings (SSSR count). The van der Waals surface area contributed by atoms with Crippen molar-refractivity contribution in [2.45, 2.75) is 63.4 Å². The molecule has 1 aromatic heterocycles. The maximum Gasteiger partial charge on any atom is 0.199 e. The molecule has 35 heavy (non-hydrogen) atoms. The van der Waals surface area contributed by atoms with Crippen LogP contribution in [0.2, 0.25) is 0 Å². The SMILES string of the molecule is COc1ccc2c(c1)CC[C@@H]1[C@@H]2CC[C@@]2(C)[C@H]1CC[C@@]2(O)Cc1n[nH]c(=S)n1-c1ccc(Br)cc1. The second-order valence-corrected chi connectivity index (χ2v) is 12.2. The number of benzene rings is 2. The van der Waals surface area contributed by atoms with Gasteiger partial charge in [0.05, 0.1) is 12.7 Å². The van der Waals surface area contributed by atoms with E-state index < -0.39 is 5.60 Å². The monoisotopic (exact) mass is 553 g/mol. The summed E-state index contributed by atoms with van der Waals surface area (Å²) in [6.07, 6.45) is 6.84. The van der Waals surface area contributed by atoms with Crippen molar-refractivity contribution >= 4 is 28.1 Å². The number of aromatic amines is 1. The number of hydrogen-bond acceptors (Lipinski definition) is 4. The molecule has 5 atom stereocenters. The molecule has 0 amide bonds. The summed E-state index contributed by atoms with van der Waals surface area (Å²) in [5, 5.41) is 19.8. The van der Waals surface area contributed by atoms with Gasteiger partial charge in [-0.3, -0.25) is 9.67 Å². The smallest absolute Gasteiger partial charge is 0.199 e. The summed E-state index contributed by atoms with van der Waals surface area (Å²) >= 11 is 9.09. The fraction of sp³-hybridized carbons (Fsp3) is 0.500. The van der Waals surface area contributed by atoms with Crippen molar-refractivity contribution < 1.29 is 9.84 Å². The Morgan fingerprint density at radius 1 is 1.17 bits per heavy atom. The Balaban J connectivity index is 1.30. The largest absolute Gasteiger partial charge is 0.497 e. The van der Waals surface area contributed by atoms with Crippen LogP contribution >= 0.6 is 28.1 Å². The van der Waals surface area contributed by atoms with Crippen molar-refractivity contribution in [1.82, 2.24) is 14.8 Å². The first kappa shape index (κ1) is 23.4. The molecular formula is C28H32BrN3O2S. The van der Waals surface area contributed by atoms with Gasteiger partial charge in [-0.15, -0.1) is 0 Å². The molecule has 0 bridgehead atoms. The molecule has 3 aliphatic carbocycles. The molecule has 2 saturated carbocycles. The average molecular weight is 555 g/mol. The minimum Gasteiger partial charge on any atom is -0.497 e. The van der Waals surface area contributed by atoms with Gasteiger partial charge in [0.1, 0.15) is 11.6 Å². The molecule has 0 radical (unpaired) electrons. The van der Waals surface area contributed by atoms with Crippen molar-refractivity contribution in [2.75, 3.05) is 7.11 Å². The zero-order valence-electron chi connectivity index (χ0n) is 20.3. The van der Waals surface area contributed by atoms with Crippen LogP contribution in [0, 0.1) is 22.0 Å². The molecule has 2 aromatic carbocycles. The first-order valence-electron chi connectivity index (χ1n) is 12.6. The number of methoxy groups -OCH3 is 1. The van der Waals surface area contributed by atoms with Crippen LogP contribution in [0.5, 0.6) is 5.75 Å². The lowest BCUT2D eigenvalue weighted by Gasteiger charge is -2.53. The van der Waals surface area contributed by atoms with Crippen LogP contribution in [0.15, 0.2) is 46.9 Å². The number of H-pyrrole nitrogens is 1. The van der Waals surface area contributed by atoms with Gasteiger partial charge in [-0.05, 0) is 121 Å². The third kappa shape index (κ3) is 3.65. The summed E-state index contributed by atoms with van der Waals surface area (Å²) < 4.78 is 9.04. The Labute approximate surface area is 220 Å². The van der Waals surface area contributed by atoms with Crippen LogP contribution in [0.25, 0.3) is 5.69 Å². The van der Waals surface area contributed by atoms with Gasteiger partial charge in [-0.1, -0.05) is 28.9 Å². The number of rotatable bonds is 4. The lowest BCUT2D eigenvalue weighted by molar-refractivity contribution is -0.103. The van der Waals surface area contributed by atoms with Gasteiger partial charge in [0.2, 0.25) is 0 Å². The van der Waals surface area contributed by atoms with Crippen LogP contribution in [-0.2, 0) is 12.8 Å². The summed E-state index contributed by atoms with van der Waals surface area (Å²) in [6.45, 7) is 2.34. The van der Waals surface area contributed by atoms with E-state index in [9.17, 15) is 5.11 Å². The Morgan fingerprint density at radius 2 is 1.97 bits per heavy atom. The average Bonchev–Trinajstić information content (AvgIpc) is 3.35. The molecule has 3 aliphatic rings. The van der Waals surface area contributed by atoms with E-state index >= 15 is 0 Å². The summed E-state index contributed by atoms with van der Waals surface area (Å²) in [5.41, 5.74) is 3.00. The Hall–Kier alpha value is -1.96. The maximum atomic E-state index is 12.3.